The van der Waals surface area contributed by atoms with E-state index >= 15 is 0 Å². The number of hydrogen-bond acceptors (Lipinski definition) is 3. The Kier molecular flexibility index (Phi) is 3.75. The SMILES string of the molecule is CC(=O)NC[C@H]1Cn2cc(-c3ccc(C)cc3)nc2CO1. The summed E-state index contributed by atoms with van der Waals surface area (Å²) in [6, 6.07) is 8.34. The number of carbonyl (C=O) groups excluding carboxylic acids is 1. The zero-order chi connectivity index (χ0) is 14.8. The Hall–Kier alpha value is -2.14. The first-order chi connectivity index (χ1) is 10.1. The van der Waals surface area contributed by atoms with Crippen molar-refractivity contribution in [2.45, 2.75) is 33.1 Å². The molecule has 1 aromatic carbocycles. The topological polar surface area (TPSA) is 56.2 Å². The van der Waals surface area contributed by atoms with Crippen LogP contribution in [0.4, 0.5) is 0 Å². The fraction of sp³-hybridized carbons (Fsp3) is 0.375. The van der Waals surface area contributed by atoms with Crippen molar-refractivity contribution in [2.75, 3.05) is 6.54 Å². The number of hydrogen-bond donors (Lipinski definition) is 1. The molecular formula is C16H19N3O2. The van der Waals surface area contributed by atoms with Crippen LogP contribution in [0, 0.1) is 6.92 Å². The van der Waals surface area contributed by atoms with Crippen molar-refractivity contribution in [1.29, 1.82) is 0 Å². The Labute approximate surface area is 124 Å². The number of aryl methyl sites for hydroxylation is 1. The lowest BCUT2D eigenvalue weighted by Gasteiger charge is -2.24. The normalized spacial score (nSPS) is 17.3. The first kappa shape index (κ1) is 13.8. The number of rotatable bonds is 3. The van der Waals surface area contributed by atoms with Gasteiger partial charge in [0.1, 0.15) is 12.4 Å². The summed E-state index contributed by atoms with van der Waals surface area (Å²) in [4.78, 5) is 15.6. The molecule has 5 nitrogen and oxygen atoms in total. The Bertz CT molecular complexity index is 646. The van der Waals surface area contributed by atoms with Gasteiger partial charge in [0.05, 0.1) is 18.3 Å². The molecular weight excluding hydrogens is 266 g/mol. The molecule has 1 aliphatic heterocycles. The molecule has 0 bridgehead atoms. The van der Waals surface area contributed by atoms with Gasteiger partial charge in [-0.15, -0.1) is 0 Å². The van der Waals surface area contributed by atoms with Gasteiger partial charge in [-0.2, -0.15) is 0 Å². The minimum absolute atomic E-state index is 0.00136. The van der Waals surface area contributed by atoms with Gasteiger partial charge in [0.2, 0.25) is 5.91 Å². The van der Waals surface area contributed by atoms with Crippen LogP contribution in [-0.2, 0) is 22.7 Å². The van der Waals surface area contributed by atoms with E-state index in [1.165, 1.54) is 12.5 Å². The average Bonchev–Trinajstić information content (AvgIpc) is 2.88. The van der Waals surface area contributed by atoms with E-state index in [0.29, 0.717) is 19.7 Å². The number of benzene rings is 1. The van der Waals surface area contributed by atoms with Crippen molar-refractivity contribution in [3.05, 3.63) is 41.9 Å². The fourth-order valence-electron chi connectivity index (χ4n) is 2.44. The first-order valence-corrected chi connectivity index (χ1v) is 7.11. The summed E-state index contributed by atoms with van der Waals surface area (Å²) >= 11 is 0. The number of nitrogens with zero attached hydrogens (tertiary/aromatic N) is 2. The molecule has 2 aromatic rings. The predicted octanol–water partition coefficient (Wildman–Crippen LogP) is 1.89. The first-order valence-electron chi connectivity index (χ1n) is 7.11. The molecule has 5 heteroatoms. The Balaban J connectivity index is 1.75. The minimum Gasteiger partial charge on any atom is -0.367 e. The standard InChI is InChI=1S/C16H19N3O2/c1-11-3-5-13(6-4-11)15-9-19-8-14(7-17-12(2)20)21-10-16(19)18-15/h3-6,9,14H,7-8,10H2,1-2H3,(H,17,20)/t14-/m0/s1. The van der Waals surface area contributed by atoms with Gasteiger partial charge in [0.15, 0.2) is 0 Å². The van der Waals surface area contributed by atoms with Crippen LogP contribution in [-0.4, -0.2) is 28.1 Å². The molecule has 2 heterocycles. The minimum atomic E-state index is -0.0321. The number of aromatic nitrogens is 2. The third-order valence-corrected chi connectivity index (χ3v) is 3.63. The van der Waals surface area contributed by atoms with Crippen molar-refractivity contribution in [3.8, 4) is 11.3 Å². The van der Waals surface area contributed by atoms with E-state index in [-0.39, 0.29) is 12.0 Å². The van der Waals surface area contributed by atoms with Gasteiger partial charge < -0.3 is 14.6 Å². The van der Waals surface area contributed by atoms with Crippen molar-refractivity contribution in [2.24, 2.45) is 0 Å². The molecule has 0 unspecified atom stereocenters. The maximum absolute atomic E-state index is 11.0. The van der Waals surface area contributed by atoms with Crippen molar-refractivity contribution in [3.63, 3.8) is 0 Å². The van der Waals surface area contributed by atoms with E-state index in [9.17, 15) is 4.79 Å². The molecule has 0 spiro atoms. The second-order valence-electron chi connectivity index (χ2n) is 5.43. The van der Waals surface area contributed by atoms with Crippen LogP contribution >= 0.6 is 0 Å². The fourth-order valence-corrected chi connectivity index (χ4v) is 2.44. The highest BCUT2D eigenvalue weighted by Gasteiger charge is 2.21. The molecule has 110 valence electrons. The summed E-state index contributed by atoms with van der Waals surface area (Å²) in [5.74, 6) is 0.903. The summed E-state index contributed by atoms with van der Waals surface area (Å²) in [7, 11) is 0. The van der Waals surface area contributed by atoms with E-state index in [1.807, 2.05) is 0 Å². The van der Waals surface area contributed by atoms with Crippen molar-refractivity contribution >= 4 is 5.91 Å². The Morgan fingerprint density at radius 2 is 2.19 bits per heavy atom. The number of fused-ring (bicyclic) bond motifs is 1. The molecule has 0 fully saturated rings. The zero-order valence-corrected chi connectivity index (χ0v) is 12.3. The maximum atomic E-state index is 11.0. The molecule has 1 aliphatic rings. The van der Waals surface area contributed by atoms with Gasteiger partial charge in [-0.3, -0.25) is 4.79 Å². The number of carbonyl (C=O) groups is 1. The lowest BCUT2D eigenvalue weighted by molar-refractivity contribution is -0.120. The molecule has 1 aromatic heterocycles. The molecule has 1 N–H and O–H groups in total. The lowest BCUT2D eigenvalue weighted by Crippen LogP contribution is -2.37. The number of imidazole rings is 1. The van der Waals surface area contributed by atoms with Crippen LogP contribution < -0.4 is 5.32 Å². The number of nitrogens with one attached hydrogen (secondary N) is 1. The molecule has 1 atom stereocenters. The average molecular weight is 285 g/mol. The van der Waals surface area contributed by atoms with Gasteiger partial charge in [-0.1, -0.05) is 29.8 Å². The third kappa shape index (κ3) is 3.13. The Morgan fingerprint density at radius 3 is 2.90 bits per heavy atom. The van der Waals surface area contributed by atoms with Crippen molar-refractivity contribution in [1.82, 2.24) is 14.9 Å². The van der Waals surface area contributed by atoms with Gasteiger partial charge in [-0.05, 0) is 6.92 Å². The zero-order valence-electron chi connectivity index (χ0n) is 12.3. The van der Waals surface area contributed by atoms with E-state index in [0.717, 1.165) is 17.1 Å². The molecule has 1 amide bonds. The summed E-state index contributed by atoms with van der Waals surface area (Å²) in [5, 5.41) is 2.79. The quantitative estimate of drug-likeness (QED) is 0.937. The van der Waals surface area contributed by atoms with Crippen LogP contribution in [0.3, 0.4) is 0 Å². The van der Waals surface area contributed by atoms with Gasteiger partial charge in [-0.25, -0.2) is 4.98 Å². The number of amides is 1. The molecule has 0 saturated heterocycles. The van der Waals surface area contributed by atoms with Gasteiger partial charge in [0.25, 0.3) is 0 Å². The second kappa shape index (κ2) is 5.69. The predicted molar refractivity (Wildman–Crippen MR) is 79.7 cm³/mol. The highest BCUT2D eigenvalue weighted by atomic mass is 16.5. The monoisotopic (exact) mass is 285 g/mol. The molecule has 0 aliphatic carbocycles. The van der Waals surface area contributed by atoms with Gasteiger partial charge in [0, 0.05) is 25.2 Å². The summed E-state index contributed by atoms with van der Waals surface area (Å²) in [5.41, 5.74) is 3.32. The highest BCUT2D eigenvalue weighted by Crippen LogP contribution is 2.22. The van der Waals surface area contributed by atoms with Crippen LogP contribution in [0.15, 0.2) is 30.5 Å². The second-order valence-corrected chi connectivity index (χ2v) is 5.43. The summed E-state index contributed by atoms with van der Waals surface area (Å²) in [6.45, 7) is 5.32. The lowest BCUT2D eigenvalue weighted by atomic mass is 10.1. The molecule has 21 heavy (non-hydrogen) atoms. The molecule has 0 saturated carbocycles. The van der Waals surface area contributed by atoms with Crippen LogP contribution in [0.2, 0.25) is 0 Å². The summed E-state index contributed by atoms with van der Waals surface area (Å²) < 4.78 is 7.84. The van der Waals surface area contributed by atoms with E-state index in [1.54, 1.807) is 0 Å². The smallest absolute Gasteiger partial charge is 0.216 e. The maximum Gasteiger partial charge on any atom is 0.216 e. The van der Waals surface area contributed by atoms with Crippen LogP contribution in [0.25, 0.3) is 11.3 Å². The third-order valence-electron chi connectivity index (χ3n) is 3.63. The van der Waals surface area contributed by atoms with Crippen molar-refractivity contribution < 1.29 is 9.53 Å². The van der Waals surface area contributed by atoms with E-state index in [4.69, 9.17) is 4.74 Å². The summed E-state index contributed by atoms with van der Waals surface area (Å²) in [6.07, 6.45) is 2.06. The molecule has 0 radical (unpaired) electrons. The largest absolute Gasteiger partial charge is 0.367 e. The Morgan fingerprint density at radius 1 is 1.43 bits per heavy atom. The highest BCUT2D eigenvalue weighted by molar-refractivity contribution is 5.72. The van der Waals surface area contributed by atoms with Crippen LogP contribution in [0.5, 0.6) is 0 Å². The molecule has 3 rings (SSSR count). The van der Waals surface area contributed by atoms with E-state index in [2.05, 4.69) is 52.3 Å². The van der Waals surface area contributed by atoms with E-state index < -0.39 is 0 Å². The number of ether oxygens (including phenoxy) is 1. The van der Waals surface area contributed by atoms with Crippen LogP contribution in [0.1, 0.15) is 18.3 Å². The van der Waals surface area contributed by atoms with Gasteiger partial charge >= 0.3 is 0 Å².